The summed E-state index contributed by atoms with van der Waals surface area (Å²) < 4.78 is 17.4. The van der Waals surface area contributed by atoms with Gasteiger partial charge in [0, 0.05) is 26.0 Å². The lowest BCUT2D eigenvalue weighted by Crippen LogP contribution is -2.48. The van der Waals surface area contributed by atoms with Crippen molar-refractivity contribution < 1.29 is 22.9 Å². The Balaban J connectivity index is 3.96. The van der Waals surface area contributed by atoms with Crippen LogP contribution in [0.3, 0.4) is 0 Å². The van der Waals surface area contributed by atoms with Gasteiger partial charge < -0.3 is 13.3 Å². The van der Waals surface area contributed by atoms with Crippen molar-refractivity contribution in [2.45, 2.75) is 245 Å². The van der Waals surface area contributed by atoms with E-state index in [0.29, 0.717) is 18.9 Å². The zero-order chi connectivity index (χ0) is 34.5. The standard InChI is InChI=1S/C41H82O5Si/c1-5-8-11-13-15-17-19-21-23-25-27-29-31-33-35-37-40(42)45-47(44-4,39-10-7-3)46-41(43)38-36-34-32-30-28-26-24-22-20-18-16-14-12-9-6-2/h5-39H2,1-4H3. The van der Waals surface area contributed by atoms with Gasteiger partial charge >= 0.3 is 8.80 Å². The molecule has 0 aromatic heterocycles. The van der Waals surface area contributed by atoms with Gasteiger partial charge in [0.15, 0.2) is 0 Å². The summed E-state index contributed by atoms with van der Waals surface area (Å²) in [6.07, 6.45) is 41.4. The topological polar surface area (TPSA) is 61.8 Å². The molecular weight excluding hydrogens is 601 g/mol. The van der Waals surface area contributed by atoms with Crippen LogP contribution in [0.25, 0.3) is 0 Å². The number of rotatable bonds is 38. The molecule has 280 valence electrons. The van der Waals surface area contributed by atoms with Crippen molar-refractivity contribution in [3.8, 4) is 0 Å². The summed E-state index contributed by atoms with van der Waals surface area (Å²) in [6, 6.07) is 0.509. The molecule has 0 aromatic rings. The Morgan fingerprint density at radius 2 is 0.596 bits per heavy atom. The number of carbonyl (C=O) groups excluding carboxylic acids is 2. The maximum absolute atomic E-state index is 12.7. The van der Waals surface area contributed by atoms with Crippen LogP contribution >= 0.6 is 0 Å². The van der Waals surface area contributed by atoms with Gasteiger partial charge in [0.25, 0.3) is 11.9 Å². The first kappa shape index (κ1) is 46.1. The van der Waals surface area contributed by atoms with E-state index in [1.54, 1.807) is 0 Å². The second-order valence-electron chi connectivity index (χ2n) is 14.3. The summed E-state index contributed by atoms with van der Waals surface area (Å²) in [6.45, 7) is 6.64. The minimum atomic E-state index is -3.33. The molecular formula is C41H82O5Si. The summed E-state index contributed by atoms with van der Waals surface area (Å²) >= 11 is 0. The summed E-state index contributed by atoms with van der Waals surface area (Å²) in [5.74, 6) is -0.548. The average Bonchev–Trinajstić information content (AvgIpc) is 3.07. The van der Waals surface area contributed by atoms with Gasteiger partial charge in [-0.25, -0.2) is 0 Å². The molecule has 0 aromatic carbocycles. The van der Waals surface area contributed by atoms with E-state index in [4.69, 9.17) is 13.3 Å². The minimum absolute atomic E-state index is 0.274. The van der Waals surface area contributed by atoms with E-state index in [-0.39, 0.29) is 11.9 Å². The van der Waals surface area contributed by atoms with Crippen LogP contribution in [0.1, 0.15) is 239 Å². The minimum Gasteiger partial charge on any atom is -0.464 e. The van der Waals surface area contributed by atoms with Gasteiger partial charge in [-0.05, 0) is 19.3 Å². The van der Waals surface area contributed by atoms with Gasteiger partial charge in [-0.2, -0.15) is 0 Å². The first-order chi connectivity index (χ1) is 23.0. The van der Waals surface area contributed by atoms with E-state index in [0.717, 1.165) is 38.5 Å². The number of hydrogen-bond acceptors (Lipinski definition) is 5. The van der Waals surface area contributed by atoms with Gasteiger partial charge in [0.1, 0.15) is 0 Å². The molecule has 0 amide bonds. The van der Waals surface area contributed by atoms with E-state index in [2.05, 4.69) is 20.8 Å². The molecule has 0 radical (unpaired) electrons. The molecule has 0 saturated carbocycles. The third-order valence-electron chi connectivity index (χ3n) is 9.66. The maximum atomic E-state index is 12.7. The molecule has 0 fully saturated rings. The summed E-state index contributed by atoms with van der Waals surface area (Å²) in [5, 5.41) is 0. The second kappa shape index (κ2) is 36.4. The smallest absolute Gasteiger partial charge is 0.464 e. The van der Waals surface area contributed by atoms with Crippen LogP contribution in [-0.2, 0) is 22.9 Å². The third-order valence-corrected chi connectivity index (χ3v) is 12.3. The van der Waals surface area contributed by atoms with E-state index < -0.39 is 8.80 Å². The fraction of sp³-hybridized carbons (Fsp3) is 0.951. The van der Waals surface area contributed by atoms with E-state index in [9.17, 15) is 9.59 Å². The second-order valence-corrected chi connectivity index (χ2v) is 17.0. The Morgan fingerprint density at radius 3 is 0.830 bits per heavy atom. The van der Waals surface area contributed by atoms with Gasteiger partial charge in [-0.3, -0.25) is 9.59 Å². The molecule has 5 nitrogen and oxygen atoms in total. The van der Waals surface area contributed by atoms with Gasteiger partial charge in [0.2, 0.25) is 0 Å². The molecule has 0 bridgehead atoms. The van der Waals surface area contributed by atoms with E-state index >= 15 is 0 Å². The Bertz CT molecular complexity index is 622. The van der Waals surface area contributed by atoms with Crippen molar-refractivity contribution >= 4 is 20.7 Å². The van der Waals surface area contributed by atoms with Crippen molar-refractivity contribution in [2.24, 2.45) is 0 Å². The Labute approximate surface area is 295 Å². The lowest BCUT2D eigenvalue weighted by Gasteiger charge is -2.27. The van der Waals surface area contributed by atoms with E-state index in [1.165, 1.54) is 174 Å². The van der Waals surface area contributed by atoms with Gasteiger partial charge in [-0.15, -0.1) is 0 Å². The molecule has 47 heavy (non-hydrogen) atoms. The Hall–Kier alpha value is -0.883. The highest BCUT2D eigenvalue weighted by atomic mass is 28.4. The molecule has 0 aliphatic rings. The zero-order valence-corrected chi connectivity index (χ0v) is 33.3. The maximum Gasteiger partial charge on any atom is 0.635 e. The number of carbonyl (C=O) groups is 2. The lowest BCUT2D eigenvalue weighted by atomic mass is 10.0. The van der Waals surface area contributed by atoms with Gasteiger partial charge in [-0.1, -0.05) is 207 Å². The molecule has 0 spiro atoms. The van der Waals surface area contributed by atoms with Crippen LogP contribution in [0.2, 0.25) is 6.04 Å². The van der Waals surface area contributed by atoms with Gasteiger partial charge in [0.05, 0.1) is 0 Å². The third kappa shape index (κ3) is 32.1. The summed E-state index contributed by atoms with van der Waals surface area (Å²) in [4.78, 5) is 25.5. The molecule has 0 heterocycles. The van der Waals surface area contributed by atoms with E-state index in [1.807, 2.05) is 0 Å². The quantitative estimate of drug-likeness (QED) is 0.0479. The van der Waals surface area contributed by atoms with Crippen molar-refractivity contribution in [1.82, 2.24) is 0 Å². The number of hydrogen-bond donors (Lipinski definition) is 0. The highest BCUT2D eigenvalue weighted by Gasteiger charge is 2.47. The summed E-state index contributed by atoms with van der Waals surface area (Å²) in [7, 11) is -1.80. The first-order valence-electron chi connectivity index (χ1n) is 21.0. The fourth-order valence-electron chi connectivity index (χ4n) is 6.43. The van der Waals surface area contributed by atoms with Crippen molar-refractivity contribution in [2.75, 3.05) is 7.11 Å². The van der Waals surface area contributed by atoms with Crippen LogP contribution < -0.4 is 0 Å². The van der Waals surface area contributed by atoms with Crippen LogP contribution in [0.15, 0.2) is 0 Å². The molecule has 0 atom stereocenters. The van der Waals surface area contributed by atoms with Crippen molar-refractivity contribution in [3.63, 3.8) is 0 Å². The van der Waals surface area contributed by atoms with Crippen LogP contribution in [0.5, 0.6) is 0 Å². The molecule has 0 aliphatic heterocycles. The largest absolute Gasteiger partial charge is 0.635 e. The lowest BCUT2D eigenvalue weighted by molar-refractivity contribution is -0.145. The molecule has 0 saturated heterocycles. The highest BCUT2D eigenvalue weighted by Crippen LogP contribution is 2.22. The predicted molar refractivity (Wildman–Crippen MR) is 204 cm³/mol. The van der Waals surface area contributed by atoms with Crippen molar-refractivity contribution in [3.05, 3.63) is 0 Å². The average molecular weight is 683 g/mol. The Morgan fingerprint density at radius 1 is 0.362 bits per heavy atom. The predicted octanol–water partition coefficient (Wildman–Crippen LogP) is 14.0. The molecule has 0 rings (SSSR count). The zero-order valence-electron chi connectivity index (χ0n) is 32.3. The van der Waals surface area contributed by atoms with Crippen LogP contribution in [0, 0.1) is 0 Å². The highest BCUT2D eigenvalue weighted by molar-refractivity contribution is 6.64. The van der Waals surface area contributed by atoms with Crippen molar-refractivity contribution in [1.29, 1.82) is 0 Å². The molecule has 0 N–H and O–H groups in total. The van der Waals surface area contributed by atoms with Crippen LogP contribution in [-0.4, -0.2) is 27.9 Å². The molecule has 6 heteroatoms. The summed E-state index contributed by atoms with van der Waals surface area (Å²) in [5.41, 5.74) is 0. The number of unbranched alkanes of at least 4 members (excludes halogenated alkanes) is 29. The first-order valence-corrected chi connectivity index (χ1v) is 23.0. The molecule has 0 unspecified atom stereocenters. The fourth-order valence-corrected chi connectivity index (χ4v) is 8.73. The van der Waals surface area contributed by atoms with Crippen LogP contribution in [0.4, 0.5) is 0 Å². The monoisotopic (exact) mass is 683 g/mol. The molecule has 0 aliphatic carbocycles. The Kier molecular flexibility index (Phi) is 35.7. The SMILES string of the molecule is CCCCCCCCCCCCCCCCCC(=O)O[Si](CCCC)(OC)OC(=O)CCCCCCCCCCCCCCCCC. The normalized spacial score (nSPS) is 11.7.